The zero-order valence-corrected chi connectivity index (χ0v) is 21.0. The number of methoxy groups -OCH3 is 1. The Morgan fingerprint density at radius 1 is 1.15 bits per heavy atom. The van der Waals surface area contributed by atoms with E-state index in [0.29, 0.717) is 24.3 Å². The van der Waals surface area contributed by atoms with Crippen LogP contribution in [0.2, 0.25) is 5.02 Å². The summed E-state index contributed by atoms with van der Waals surface area (Å²) in [6, 6.07) is 2.12. The van der Waals surface area contributed by atoms with Gasteiger partial charge in [0, 0.05) is 22.6 Å². The van der Waals surface area contributed by atoms with Crippen LogP contribution in [0.15, 0.2) is 28.2 Å². The number of rotatable bonds is 10. The molecule has 8 nitrogen and oxygen atoms in total. The molecule has 0 unspecified atom stereocenters. The summed E-state index contributed by atoms with van der Waals surface area (Å²) in [4.78, 5) is 51.0. The monoisotopic (exact) mass is 535 g/mol. The predicted octanol–water partition coefficient (Wildman–Crippen LogP) is 4.25. The molecule has 0 bridgehead atoms. The highest BCUT2D eigenvalue weighted by molar-refractivity contribution is 8.00. The second kappa shape index (κ2) is 13.7. The molecule has 0 fully saturated rings. The van der Waals surface area contributed by atoms with Crippen molar-refractivity contribution < 1.29 is 37.8 Å². The first-order valence-electron chi connectivity index (χ1n) is 10.3. The lowest BCUT2D eigenvalue weighted by atomic mass is 9.90. The predicted molar refractivity (Wildman–Crippen MR) is 125 cm³/mol. The summed E-state index contributed by atoms with van der Waals surface area (Å²) >= 11 is 12.8. The van der Waals surface area contributed by atoms with Crippen molar-refractivity contribution in [2.75, 3.05) is 37.0 Å². The number of benzene rings is 1. The van der Waals surface area contributed by atoms with E-state index >= 15 is 0 Å². The van der Waals surface area contributed by atoms with E-state index in [-0.39, 0.29) is 46.5 Å². The Morgan fingerprint density at radius 3 is 2.44 bits per heavy atom. The maximum Gasteiger partial charge on any atom is 0.336 e. The maximum atomic E-state index is 14.9. The Bertz CT molecular complexity index is 986. The minimum atomic E-state index is -0.948. The Labute approximate surface area is 210 Å². The van der Waals surface area contributed by atoms with Gasteiger partial charge in [0.2, 0.25) is 5.91 Å². The molecule has 0 N–H and O–H groups in total. The smallest absolute Gasteiger partial charge is 0.336 e. The Balaban J connectivity index is 2.49. The van der Waals surface area contributed by atoms with Crippen LogP contribution in [0.3, 0.4) is 0 Å². The molecule has 12 heteroatoms. The number of ether oxygens (including phenoxy) is 3. The normalized spacial score (nSPS) is 13.4. The minimum Gasteiger partial charge on any atom is -0.468 e. The fourth-order valence-corrected chi connectivity index (χ4v) is 4.40. The molecule has 1 aliphatic rings. The number of carbonyl (C=O) groups excluding carboxylic acids is 4. The van der Waals surface area contributed by atoms with Crippen LogP contribution in [0.4, 0.5) is 10.1 Å². The van der Waals surface area contributed by atoms with Gasteiger partial charge in [-0.1, -0.05) is 11.6 Å². The van der Waals surface area contributed by atoms with Crippen molar-refractivity contribution in [3.8, 4) is 0 Å². The van der Waals surface area contributed by atoms with Crippen molar-refractivity contribution in [1.82, 2.24) is 0 Å². The number of thioether (sulfide) groups is 1. The number of anilines is 1. The molecule has 0 aliphatic heterocycles. The second-order valence-corrected chi connectivity index (χ2v) is 8.67. The lowest BCUT2D eigenvalue weighted by molar-refractivity contribution is -0.151. The minimum absolute atomic E-state index is 0.0158. The first-order valence-corrected chi connectivity index (χ1v) is 12.2. The Hall–Kier alpha value is -2.14. The highest BCUT2D eigenvalue weighted by Crippen LogP contribution is 2.36. The van der Waals surface area contributed by atoms with Gasteiger partial charge in [-0.05, 0) is 44.7 Å². The SMILES string of the molecule is CCOCOC(=O)C1=C(C(=O)N(C(=O)CCl)c2cc(SCC(=O)OC)c(Cl)cc2F)CCCC1. The zero-order valence-electron chi connectivity index (χ0n) is 18.7. The van der Waals surface area contributed by atoms with Crippen LogP contribution >= 0.6 is 35.0 Å². The van der Waals surface area contributed by atoms with E-state index in [2.05, 4.69) is 4.74 Å². The third kappa shape index (κ3) is 7.18. The molecule has 0 spiro atoms. The molecule has 1 aliphatic carbocycles. The van der Waals surface area contributed by atoms with Gasteiger partial charge in [-0.25, -0.2) is 14.1 Å². The molecule has 0 saturated heterocycles. The van der Waals surface area contributed by atoms with Gasteiger partial charge in [-0.3, -0.25) is 14.4 Å². The first-order chi connectivity index (χ1) is 16.2. The molecule has 0 atom stereocenters. The molecule has 1 aromatic rings. The average Bonchev–Trinajstić information content (AvgIpc) is 2.84. The number of imide groups is 1. The number of amides is 2. The highest BCUT2D eigenvalue weighted by atomic mass is 35.5. The van der Waals surface area contributed by atoms with Gasteiger partial charge < -0.3 is 14.2 Å². The summed E-state index contributed by atoms with van der Waals surface area (Å²) in [5.74, 6) is -4.73. The molecule has 1 aromatic carbocycles. The standard InChI is InChI=1S/C22H24Cl2FNO7S/c1-3-32-12-33-22(30)14-7-5-4-6-13(14)21(29)26(19(27)10-23)17-9-18(15(24)8-16(17)25)34-11-20(28)31-2/h8-9H,3-7,10-12H2,1-2H3. The molecule has 0 saturated carbocycles. The second-order valence-electron chi connectivity index (χ2n) is 6.97. The van der Waals surface area contributed by atoms with Crippen LogP contribution in [0.1, 0.15) is 32.6 Å². The highest BCUT2D eigenvalue weighted by Gasteiger charge is 2.33. The quantitative estimate of drug-likeness (QED) is 0.144. The number of hydrogen-bond acceptors (Lipinski definition) is 8. The van der Waals surface area contributed by atoms with Gasteiger partial charge in [0.1, 0.15) is 11.7 Å². The molecule has 186 valence electrons. The van der Waals surface area contributed by atoms with E-state index in [4.69, 9.17) is 32.7 Å². The van der Waals surface area contributed by atoms with Crippen LogP contribution in [0.25, 0.3) is 0 Å². The van der Waals surface area contributed by atoms with Gasteiger partial charge in [0.15, 0.2) is 6.79 Å². The summed E-state index contributed by atoms with van der Waals surface area (Å²) in [5, 5.41) is -0.0158. The van der Waals surface area contributed by atoms with E-state index in [1.165, 1.54) is 13.2 Å². The molecule has 0 aromatic heterocycles. The lowest BCUT2D eigenvalue weighted by Gasteiger charge is -2.26. The van der Waals surface area contributed by atoms with Crippen LogP contribution < -0.4 is 4.90 Å². The number of esters is 2. The van der Waals surface area contributed by atoms with Gasteiger partial charge in [0.05, 0.1) is 23.6 Å². The van der Waals surface area contributed by atoms with Gasteiger partial charge in [-0.15, -0.1) is 23.4 Å². The van der Waals surface area contributed by atoms with Crippen molar-refractivity contribution in [1.29, 1.82) is 0 Å². The zero-order chi connectivity index (χ0) is 25.3. The summed E-state index contributed by atoms with van der Waals surface area (Å²) < 4.78 is 29.6. The van der Waals surface area contributed by atoms with Gasteiger partial charge in [-0.2, -0.15) is 0 Å². The molecule has 2 amide bonds. The molecular weight excluding hydrogens is 512 g/mol. The van der Waals surface area contributed by atoms with E-state index in [0.717, 1.165) is 17.8 Å². The first kappa shape index (κ1) is 28.1. The lowest BCUT2D eigenvalue weighted by Crippen LogP contribution is -2.40. The average molecular weight is 536 g/mol. The maximum absolute atomic E-state index is 14.9. The van der Waals surface area contributed by atoms with Crippen LogP contribution in [0, 0.1) is 5.82 Å². The summed E-state index contributed by atoms with van der Waals surface area (Å²) in [6.45, 7) is 1.79. The Morgan fingerprint density at radius 2 is 1.82 bits per heavy atom. The summed E-state index contributed by atoms with van der Waals surface area (Å²) in [6.07, 6.45) is 1.69. The van der Waals surface area contributed by atoms with Gasteiger partial charge in [0.25, 0.3) is 5.91 Å². The van der Waals surface area contributed by atoms with E-state index in [1.54, 1.807) is 6.92 Å². The van der Waals surface area contributed by atoms with Crippen molar-refractivity contribution in [3.63, 3.8) is 0 Å². The topological polar surface area (TPSA) is 99.2 Å². The molecular formula is C22H24Cl2FNO7S. The molecule has 2 rings (SSSR count). The van der Waals surface area contributed by atoms with Crippen molar-refractivity contribution in [2.45, 2.75) is 37.5 Å². The van der Waals surface area contributed by atoms with Crippen LogP contribution in [0.5, 0.6) is 0 Å². The van der Waals surface area contributed by atoms with Gasteiger partial charge >= 0.3 is 11.9 Å². The van der Waals surface area contributed by atoms with E-state index in [1.807, 2.05) is 0 Å². The molecule has 0 radical (unpaired) electrons. The molecule has 0 heterocycles. The summed E-state index contributed by atoms with van der Waals surface area (Å²) in [5.41, 5.74) is -0.241. The summed E-state index contributed by atoms with van der Waals surface area (Å²) in [7, 11) is 1.22. The van der Waals surface area contributed by atoms with Crippen molar-refractivity contribution >= 4 is 64.4 Å². The fourth-order valence-electron chi connectivity index (χ4n) is 3.18. The fraction of sp³-hybridized carbons (Fsp3) is 0.455. The number of carbonyl (C=O) groups is 4. The van der Waals surface area contributed by atoms with Crippen molar-refractivity contribution in [3.05, 3.63) is 34.1 Å². The third-order valence-electron chi connectivity index (χ3n) is 4.83. The number of halogens is 3. The number of alkyl halides is 1. The van der Waals surface area contributed by atoms with E-state index in [9.17, 15) is 23.6 Å². The van der Waals surface area contributed by atoms with Crippen molar-refractivity contribution in [2.24, 2.45) is 0 Å². The molecule has 34 heavy (non-hydrogen) atoms. The Kier molecular flexibility index (Phi) is 11.3. The third-order valence-corrected chi connectivity index (χ3v) is 6.51. The van der Waals surface area contributed by atoms with Crippen LogP contribution in [-0.2, 0) is 33.4 Å². The van der Waals surface area contributed by atoms with E-state index < -0.39 is 41.1 Å². The number of nitrogens with zero attached hydrogens (tertiary/aromatic N) is 1. The largest absolute Gasteiger partial charge is 0.468 e. The number of hydrogen-bond donors (Lipinski definition) is 0. The van der Waals surface area contributed by atoms with Crippen LogP contribution in [-0.4, -0.2) is 55.9 Å².